The number of benzene rings is 1. The van der Waals surface area contributed by atoms with Gasteiger partial charge in [-0.05, 0) is 24.6 Å². The molecule has 0 aliphatic rings. The van der Waals surface area contributed by atoms with Crippen molar-refractivity contribution in [2.75, 3.05) is 11.9 Å². The Labute approximate surface area is 119 Å². The fourth-order valence-electron chi connectivity index (χ4n) is 1.35. The highest BCUT2D eigenvalue weighted by Crippen LogP contribution is 2.26. The summed E-state index contributed by atoms with van der Waals surface area (Å²) in [6.45, 7) is 3.20. The maximum Gasteiger partial charge on any atom is 0.205 e. The van der Waals surface area contributed by atoms with E-state index in [2.05, 4.69) is 22.4 Å². The van der Waals surface area contributed by atoms with Gasteiger partial charge in [0.1, 0.15) is 18.2 Å². The number of ether oxygens (including phenoxy) is 1. The molecule has 1 heterocycles. The first-order valence-electron chi connectivity index (χ1n) is 5.83. The molecule has 0 saturated carbocycles. The molecule has 0 bridgehead atoms. The number of halogens is 2. The molecule has 0 aliphatic carbocycles. The highest BCUT2D eigenvalue weighted by molar-refractivity contribution is 7.15. The fourth-order valence-corrected chi connectivity index (χ4v) is 2.25. The minimum atomic E-state index is -0.390. The molecule has 0 fully saturated rings. The number of rotatable bonds is 6. The third-order valence-electron chi connectivity index (χ3n) is 2.24. The lowest BCUT2D eigenvalue weighted by molar-refractivity contribution is 0.304. The van der Waals surface area contributed by atoms with E-state index in [4.69, 9.17) is 16.3 Å². The van der Waals surface area contributed by atoms with E-state index in [-0.39, 0.29) is 17.4 Å². The summed E-state index contributed by atoms with van der Waals surface area (Å²) >= 11 is 7.29. The Kier molecular flexibility index (Phi) is 4.93. The monoisotopic (exact) mass is 301 g/mol. The third kappa shape index (κ3) is 4.04. The Morgan fingerprint density at radius 1 is 1.42 bits per heavy atom. The molecule has 19 heavy (non-hydrogen) atoms. The fraction of sp³-hybridized carbons (Fsp3) is 0.333. The molecule has 2 aromatic rings. The molecule has 0 aliphatic heterocycles. The zero-order valence-corrected chi connectivity index (χ0v) is 11.9. The molecule has 0 saturated heterocycles. The molecule has 4 nitrogen and oxygen atoms in total. The van der Waals surface area contributed by atoms with Crippen LogP contribution in [0.25, 0.3) is 0 Å². The predicted octanol–water partition coefficient (Wildman–Crippen LogP) is 3.73. The Balaban J connectivity index is 1.92. The topological polar surface area (TPSA) is 47.0 Å². The molecule has 1 N–H and O–H groups in total. The van der Waals surface area contributed by atoms with Gasteiger partial charge in [0.25, 0.3) is 0 Å². The van der Waals surface area contributed by atoms with E-state index in [0.29, 0.717) is 5.75 Å². The van der Waals surface area contributed by atoms with Crippen LogP contribution in [-0.4, -0.2) is 16.7 Å². The predicted molar refractivity (Wildman–Crippen MR) is 74.4 cm³/mol. The first kappa shape index (κ1) is 14.0. The van der Waals surface area contributed by atoms with Crippen molar-refractivity contribution in [3.63, 3.8) is 0 Å². The lowest BCUT2D eigenvalue weighted by Gasteiger charge is -2.05. The van der Waals surface area contributed by atoms with Crippen LogP contribution in [0.3, 0.4) is 0 Å². The van der Waals surface area contributed by atoms with Gasteiger partial charge in [-0.25, -0.2) is 4.39 Å². The Morgan fingerprint density at radius 2 is 2.26 bits per heavy atom. The minimum absolute atomic E-state index is 0.244. The van der Waals surface area contributed by atoms with Gasteiger partial charge in [0, 0.05) is 6.54 Å². The summed E-state index contributed by atoms with van der Waals surface area (Å²) in [6.07, 6.45) is 1.02. The van der Waals surface area contributed by atoms with Gasteiger partial charge in [-0.3, -0.25) is 0 Å². The Morgan fingerprint density at radius 3 is 3.00 bits per heavy atom. The van der Waals surface area contributed by atoms with Crippen molar-refractivity contribution < 1.29 is 9.13 Å². The van der Waals surface area contributed by atoms with Gasteiger partial charge in [-0.15, -0.1) is 10.2 Å². The molecular formula is C12H13ClFN3OS. The lowest BCUT2D eigenvalue weighted by atomic mass is 10.3. The van der Waals surface area contributed by atoms with Crippen molar-refractivity contribution in [2.24, 2.45) is 0 Å². The van der Waals surface area contributed by atoms with Crippen molar-refractivity contribution >= 4 is 28.1 Å². The maximum absolute atomic E-state index is 12.9. The van der Waals surface area contributed by atoms with E-state index in [9.17, 15) is 4.39 Å². The first-order chi connectivity index (χ1) is 9.19. The quantitative estimate of drug-likeness (QED) is 0.883. The number of hydrogen-bond acceptors (Lipinski definition) is 5. The highest BCUT2D eigenvalue weighted by Gasteiger charge is 2.07. The zero-order valence-electron chi connectivity index (χ0n) is 10.3. The van der Waals surface area contributed by atoms with Gasteiger partial charge in [-0.1, -0.05) is 29.9 Å². The van der Waals surface area contributed by atoms with Crippen LogP contribution in [0, 0.1) is 5.82 Å². The van der Waals surface area contributed by atoms with Crippen molar-refractivity contribution in [3.05, 3.63) is 34.0 Å². The van der Waals surface area contributed by atoms with E-state index in [1.165, 1.54) is 29.5 Å². The van der Waals surface area contributed by atoms with E-state index in [0.717, 1.165) is 23.1 Å². The Bertz CT molecular complexity index is 550. The Hall–Kier alpha value is -1.40. The minimum Gasteiger partial charge on any atom is -0.485 e. The zero-order chi connectivity index (χ0) is 13.7. The average Bonchev–Trinajstić information content (AvgIpc) is 2.83. The smallest absolute Gasteiger partial charge is 0.205 e. The molecule has 1 aromatic heterocycles. The summed E-state index contributed by atoms with van der Waals surface area (Å²) in [6, 6.07) is 4.01. The van der Waals surface area contributed by atoms with Gasteiger partial charge in [-0.2, -0.15) is 0 Å². The van der Waals surface area contributed by atoms with Gasteiger partial charge in [0.05, 0.1) is 5.02 Å². The molecule has 102 valence electrons. The summed E-state index contributed by atoms with van der Waals surface area (Å²) in [4.78, 5) is 0. The molecule has 0 atom stereocenters. The second-order valence-corrected chi connectivity index (χ2v) is 5.26. The van der Waals surface area contributed by atoms with Crippen LogP contribution in [-0.2, 0) is 6.61 Å². The van der Waals surface area contributed by atoms with Crippen molar-refractivity contribution in [1.82, 2.24) is 10.2 Å². The normalized spacial score (nSPS) is 10.5. The van der Waals surface area contributed by atoms with E-state index in [1.807, 2.05) is 0 Å². The van der Waals surface area contributed by atoms with Crippen LogP contribution in [0.4, 0.5) is 9.52 Å². The molecule has 7 heteroatoms. The molecule has 0 unspecified atom stereocenters. The van der Waals surface area contributed by atoms with Gasteiger partial charge in [0.15, 0.2) is 5.01 Å². The summed E-state index contributed by atoms with van der Waals surface area (Å²) < 4.78 is 18.3. The standard InChI is InChI=1S/C12H13ClFN3OS/c1-2-5-15-12-17-16-11(19-12)7-18-10-4-3-8(14)6-9(10)13/h3-4,6H,2,5,7H2,1H3,(H,15,17). The van der Waals surface area contributed by atoms with Crippen LogP contribution in [0.2, 0.25) is 5.02 Å². The molecule has 0 amide bonds. The second kappa shape index (κ2) is 6.68. The van der Waals surface area contributed by atoms with Gasteiger partial charge >= 0.3 is 0 Å². The number of hydrogen-bond donors (Lipinski definition) is 1. The highest BCUT2D eigenvalue weighted by atomic mass is 35.5. The molecule has 2 rings (SSSR count). The molecule has 0 spiro atoms. The van der Waals surface area contributed by atoms with Gasteiger partial charge < -0.3 is 10.1 Å². The van der Waals surface area contributed by atoms with E-state index in [1.54, 1.807) is 0 Å². The first-order valence-corrected chi connectivity index (χ1v) is 7.02. The summed E-state index contributed by atoms with van der Waals surface area (Å²) in [7, 11) is 0. The third-order valence-corrected chi connectivity index (χ3v) is 3.39. The molecule has 1 aromatic carbocycles. The largest absolute Gasteiger partial charge is 0.485 e. The van der Waals surface area contributed by atoms with Gasteiger partial charge in [0.2, 0.25) is 5.13 Å². The van der Waals surface area contributed by atoms with Crippen molar-refractivity contribution in [3.8, 4) is 5.75 Å². The van der Waals surface area contributed by atoms with Crippen LogP contribution < -0.4 is 10.1 Å². The summed E-state index contributed by atoms with van der Waals surface area (Å²) in [5.41, 5.74) is 0. The van der Waals surface area contributed by atoms with E-state index < -0.39 is 0 Å². The van der Waals surface area contributed by atoms with Crippen LogP contribution in [0.1, 0.15) is 18.4 Å². The molecule has 0 radical (unpaired) electrons. The number of nitrogens with one attached hydrogen (secondary N) is 1. The number of aromatic nitrogens is 2. The van der Waals surface area contributed by atoms with Crippen LogP contribution in [0.15, 0.2) is 18.2 Å². The van der Waals surface area contributed by atoms with Crippen LogP contribution >= 0.6 is 22.9 Å². The lowest BCUT2D eigenvalue weighted by Crippen LogP contribution is -1.98. The molecular weight excluding hydrogens is 289 g/mol. The second-order valence-electron chi connectivity index (χ2n) is 3.79. The number of nitrogens with zero attached hydrogens (tertiary/aromatic N) is 2. The summed E-state index contributed by atoms with van der Waals surface area (Å²) in [5.74, 6) is 0.0423. The average molecular weight is 302 g/mol. The maximum atomic E-state index is 12.9. The summed E-state index contributed by atoms with van der Waals surface area (Å²) in [5, 5.41) is 12.9. The van der Waals surface area contributed by atoms with Crippen molar-refractivity contribution in [2.45, 2.75) is 20.0 Å². The number of anilines is 1. The van der Waals surface area contributed by atoms with Crippen LogP contribution in [0.5, 0.6) is 5.75 Å². The van der Waals surface area contributed by atoms with E-state index >= 15 is 0 Å². The SMILES string of the molecule is CCCNc1nnc(COc2ccc(F)cc2Cl)s1. The van der Waals surface area contributed by atoms with Crippen molar-refractivity contribution in [1.29, 1.82) is 0 Å².